The van der Waals surface area contributed by atoms with Gasteiger partial charge in [-0.15, -0.1) is 11.3 Å². The Bertz CT molecular complexity index is 328. The Kier molecular flexibility index (Phi) is 3.97. The molecule has 0 bridgehead atoms. The van der Waals surface area contributed by atoms with Gasteiger partial charge in [-0.2, -0.15) is 0 Å². The van der Waals surface area contributed by atoms with Crippen LogP contribution in [0.4, 0.5) is 0 Å². The summed E-state index contributed by atoms with van der Waals surface area (Å²) in [5.41, 5.74) is 1.38. The second-order valence-corrected chi connectivity index (χ2v) is 5.61. The lowest BCUT2D eigenvalue weighted by Gasteiger charge is -2.40. The molecule has 2 rings (SSSR count). The summed E-state index contributed by atoms with van der Waals surface area (Å²) in [6.07, 6.45) is 1.08. The third kappa shape index (κ3) is 2.63. The third-order valence-electron chi connectivity index (χ3n) is 3.15. The van der Waals surface area contributed by atoms with Gasteiger partial charge >= 0.3 is 0 Å². The molecule has 3 nitrogen and oxygen atoms in total. The molecule has 0 spiro atoms. The predicted octanol–water partition coefficient (Wildman–Crippen LogP) is 1.20. The fourth-order valence-electron chi connectivity index (χ4n) is 1.86. The number of aliphatic hydroxyl groups is 1. The van der Waals surface area contributed by atoms with Crippen molar-refractivity contribution in [1.82, 2.24) is 5.32 Å². The lowest BCUT2D eigenvalue weighted by atomic mass is 9.87. The number of thiophene rings is 1. The van der Waals surface area contributed by atoms with Crippen LogP contribution < -0.4 is 5.32 Å². The summed E-state index contributed by atoms with van der Waals surface area (Å²) in [7, 11) is 0. The zero-order valence-electron chi connectivity index (χ0n) is 9.66. The zero-order valence-corrected chi connectivity index (χ0v) is 10.5. The van der Waals surface area contributed by atoms with Crippen molar-refractivity contribution >= 4 is 11.3 Å². The fraction of sp³-hybridized carbons (Fsp3) is 0.667. The van der Waals surface area contributed by atoms with Crippen molar-refractivity contribution in [2.45, 2.75) is 13.3 Å². The molecule has 1 fully saturated rings. The molecule has 2 heterocycles. The molecule has 1 saturated heterocycles. The van der Waals surface area contributed by atoms with Crippen molar-refractivity contribution in [2.75, 3.05) is 32.9 Å². The first-order chi connectivity index (χ1) is 7.76. The van der Waals surface area contributed by atoms with E-state index in [-0.39, 0.29) is 12.0 Å². The number of aliphatic hydroxyl groups excluding tert-OH is 1. The maximum atomic E-state index is 9.25. The van der Waals surface area contributed by atoms with Crippen LogP contribution >= 0.6 is 11.3 Å². The first-order valence-electron chi connectivity index (χ1n) is 5.68. The van der Waals surface area contributed by atoms with Crippen LogP contribution in [-0.4, -0.2) is 38.0 Å². The molecular formula is C12H19NO2S. The molecular weight excluding hydrogens is 222 g/mol. The van der Waals surface area contributed by atoms with Crippen molar-refractivity contribution in [2.24, 2.45) is 5.41 Å². The summed E-state index contributed by atoms with van der Waals surface area (Å²) in [6.45, 7) is 5.58. The van der Waals surface area contributed by atoms with Gasteiger partial charge in [0, 0.05) is 11.4 Å². The molecule has 1 aromatic rings. The van der Waals surface area contributed by atoms with Gasteiger partial charge in [0.15, 0.2) is 0 Å². The van der Waals surface area contributed by atoms with Crippen molar-refractivity contribution < 1.29 is 9.84 Å². The summed E-state index contributed by atoms with van der Waals surface area (Å²) in [4.78, 5) is 1.45. The number of nitrogens with one attached hydrogen (secondary N) is 1. The SMILES string of the molecule is Cc1ccsc1CCNCC1(CO)COC1. The van der Waals surface area contributed by atoms with Crippen molar-refractivity contribution in [3.8, 4) is 0 Å². The average molecular weight is 241 g/mol. The van der Waals surface area contributed by atoms with Gasteiger partial charge in [0.25, 0.3) is 0 Å². The monoisotopic (exact) mass is 241 g/mol. The highest BCUT2D eigenvalue weighted by Crippen LogP contribution is 2.25. The highest BCUT2D eigenvalue weighted by Gasteiger charge is 2.37. The lowest BCUT2D eigenvalue weighted by Crippen LogP contribution is -2.52. The standard InChI is InChI=1S/C12H19NO2S/c1-10-3-5-16-11(10)2-4-13-6-12(7-14)8-15-9-12/h3,5,13-14H,2,4,6-9H2,1H3. The summed E-state index contributed by atoms with van der Waals surface area (Å²) in [6, 6.07) is 2.16. The second-order valence-electron chi connectivity index (χ2n) is 4.60. The third-order valence-corrected chi connectivity index (χ3v) is 4.23. The minimum atomic E-state index is -0.00943. The van der Waals surface area contributed by atoms with Gasteiger partial charge in [0.1, 0.15) is 0 Å². The van der Waals surface area contributed by atoms with Crippen LogP contribution in [0.1, 0.15) is 10.4 Å². The molecule has 1 aromatic heterocycles. The molecule has 90 valence electrons. The van der Waals surface area contributed by atoms with Crippen LogP contribution in [0, 0.1) is 12.3 Å². The Hall–Kier alpha value is -0.420. The van der Waals surface area contributed by atoms with E-state index in [9.17, 15) is 5.11 Å². The van der Waals surface area contributed by atoms with Crippen molar-refractivity contribution in [3.63, 3.8) is 0 Å². The van der Waals surface area contributed by atoms with Crippen LogP contribution in [0.2, 0.25) is 0 Å². The van der Waals surface area contributed by atoms with Crippen LogP contribution in [0.25, 0.3) is 0 Å². The highest BCUT2D eigenvalue weighted by atomic mass is 32.1. The Labute approximate surface area is 100 Å². The molecule has 2 N–H and O–H groups in total. The molecule has 0 saturated carbocycles. The van der Waals surface area contributed by atoms with Crippen LogP contribution in [0.3, 0.4) is 0 Å². The molecule has 1 aliphatic rings. The molecule has 1 aliphatic heterocycles. The Morgan fingerprint density at radius 1 is 1.56 bits per heavy atom. The van der Waals surface area contributed by atoms with Crippen LogP contribution in [-0.2, 0) is 11.2 Å². The normalized spacial score (nSPS) is 18.4. The number of ether oxygens (including phenoxy) is 1. The quantitative estimate of drug-likeness (QED) is 0.735. The average Bonchev–Trinajstić information content (AvgIpc) is 2.62. The van der Waals surface area contributed by atoms with E-state index in [4.69, 9.17) is 4.74 Å². The van der Waals surface area contributed by atoms with E-state index in [0.717, 1.165) is 19.5 Å². The molecule has 0 aromatic carbocycles. The van der Waals surface area contributed by atoms with E-state index in [1.54, 1.807) is 0 Å². The lowest BCUT2D eigenvalue weighted by molar-refractivity contribution is -0.134. The van der Waals surface area contributed by atoms with Crippen LogP contribution in [0.15, 0.2) is 11.4 Å². The van der Waals surface area contributed by atoms with E-state index in [2.05, 4.69) is 23.7 Å². The summed E-state index contributed by atoms with van der Waals surface area (Å²) >= 11 is 1.82. The fourth-order valence-corrected chi connectivity index (χ4v) is 2.77. The molecule has 4 heteroatoms. The van der Waals surface area contributed by atoms with Gasteiger partial charge in [-0.1, -0.05) is 0 Å². The molecule has 0 amide bonds. The van der Waals surface area contributed by atoms with E-state index in [0.29, 0.717) is 13.2 Å². The van der Waals surface area contributed by atoms with E-state index in [1.807, 2.05) is 11.3 Å². The van der Waals surface area contributed by atoms with Gasteiger partial charge in [-0.05, 0) is 36.9 Å². The van der Waals surface area contributed by atoms with E-state index in [1.165, 1.54) is 10.4 Å². The first kappa shape index (κ1) is 12.0. The van der Waals surface area contributed by atoms with Gasteiger partial charge in [0.2, 0.25) is 0 Å². The number of hydrogen-bond acceptors (Lipinski definition) is 4. The Morgan fingerprint density at radius 3 is 2.88 bits per heavy atom. The minimum Gasteiger partial charge on any atom is -0.396 e. The molecule has 0 aliphatic carbocycles. The number of hydrogen-bond donors (Lipinski definition) is 2. The van der Waals surface area contributed by atoms with Gasteiger partial charge in [0.05, 0.1) is 25.2 Å². The largest absolute Gasteiger partial charge is 0.396 e. The van der Waals surface area contributed by atoms with Crippen molar-refractivity contribution in [3.05, 3.63) is 21.9 Å². The summed E-state index contributed by atoms with van der Waals surface area (Å²) in [5.74, 6) is 0. The highest BCUT2D eigenvalue weighted by molar-refractivity contribution is 7.10. The summed E-state index contributed by atoms with van der Waals surface area (Å²) < 4.78 is 5.15. The maximum Gasteiger partial charge on any atom is 0.0579 e. The maximum absolute atomic E-state index is 9.25. The molecule has 0 unspecified atom stereocenters. The molecule has 16 heavy (non-hydrogen) atoms. The minimum absolute atomic E-state index is 0.00943. The van der Waals surface area contributed by atoms with Gasteiger partial charge < -0.3 is 15.2 Å². The molecule has 0 radical (unpaired) electrons. The predicted molar refractivity (Wildman–Crippen MR) is 66.0 cm³/mol. The van der Waals surface area contributed by atoms with Gasteiger partial charge in [-0.3, -0.25) is 0 Å². The topological polar surface area (TPSA) is 41.5 Å². The molecule has 0 atom stereocenters. The zero-order chi connectivity index (χ0) is 11.4. The van der Waals surface area contributed by atoms with Crippen LogP contribution in [0.5, 0.6) is 0 Å². The van der Waals surface area contributed by atoms with Crippen molar-refractivity contribution in [1.29, 1.82) is 0 Å². The number of rotatable bonds is 6. The number of aryl methyl sites for hydroxylation is 1. The summed E-state index contributed by atoms with van der Waals surface area (Å²) in [5, 5.41) is 14.8. The van der Waals surface area contributed by atoms with E-state index >= 15 is 0 Å². The first-order valence-corrected chi connectivity index (χ1v) is 6.56. The van der Waals surface area contributed by atoms with E-state index < -0.39 is 0 Å². The van der Waals surface area contributed by atoms with Gasteiger partial charge in [-0.25, -0.2) is 0 Å². The Morgan fingerprint density at radius 2 is 2.38 bits per heavy atom. The Balaban J connectivity index is 1.67. The smallest absolute Gasteiger partial charge is 0.0579 e. The second kappa shape index (κ2) is 5.27.